The Morgan fingerprint density at radius 2 is 2.20 bits per heavy atom. The summed E-state index contributed by atoms with van der Waals surface area (Å²) in [5.41, 5.74) is 0.848. The Balaban J connectivity index is 3.12. The molecule has 0 N–H and O–H groups in total. The first-order valence-electron chi connectivity index (χ1n) is 5.74. The molecule has 7 heteroatoms. The molecular formula is C13H12BrF2NO3. The van der Waals surface area contributed by atoms with Crippen molar-refractivity contribution < 1.29 is 23.0 Å². The fraction of sp³-hybridized carbons (Fsp3) is 0.385. The summed E-state index contributed by atoms with van der Waals surface area (Å²) in [7, 11) is 0. The van der Waals surface area contributed by atoms with Crippen LogP contribution < -0.4 is 4.74 Å². The molecule has 0 unspecified atom stereocenters. The maximum atomic E-state index is 12.3. The number of rotatable bonds is 6. The van der Waals surface area contributed by atoms with E-state index in [1.807, 2.05) is 0 Å². The lowest BCUT2D eigenvalue weighted by atomic mass is 10.0. The molecule has 1 rings (SSSR count). The van der Waals surface area contributed by atoms with Crippen LogP contribution >= 0.6 is 15.9 Å². The highest BCUT2D eigenvalue weighted by Crippen LogP contribution is 2.29. The number of carbonyl (C=O) groups is 1. The lowest BCUT2D eigenvalue weighted by Gasteiger charge is -2.13. The van der Waals surface area contributed by atoms with Gasteiger partial charge in [0, 0.05) is 10.9 Å². The van der Waals surface area contributed by atoms with Crippen LogP contribution in [0.15, 0.2) is 12.1 Å². The summed E-state index contributed by atoms with van der Waals surface area (Å²) in [6.45, 7) is -1.08. The maximum Gasteiger partial charge on any atom is 0.387 e. The van der Waals surface area contributed by atoms with Gasteiger partial charge in [0.2, 0.25) is 0 Å². The van der Waals surface area contributed by atoms with Gasteiger partial charge in [-0.1, -0.05) is 22.0 Å². The topological polar surface area (TPSA) is 59.3 Å². The van der Waals surface area contributed by atoms with E-state index in [0.29, 0.717) is 11.1 Å². The molecule has 1 aromatic rings. The fourth-order valence-corrected chi connectivity index (χ4v) is 2.06. The van der Waals surface area contributed by atoms with Crippen molar-refractivity contribution in [3.63, 3.8) is 0 Å². The Hall–Kier alpha value is -1.68. The van der Waals surface area contributed by atoms with Gasteiger partial charge in [0.1, 0.15) is 11.8 Å². The highest BCUT2D eigenvalue weighted by atomic mass is 79.9. The quantitative estimate of drug-likeness (QED) is 0.585. The SMILES string of the molecule is CCOC(=O)Cc1cc(C#N)c(OC(F)F)c(CBr)c1. The zero-order valence-corrected chi connectivity index (χ0v) is 12.2. The lowest BCUT2D eigenvalue weighted by Crippen LogP contribution is -2.10. The number of ether oxygens (including phenoxy) is 2. The zero-order valence-electron chi connectivity index (χ0n) is 10.7. The van der Waals surface area contributed by atoms with E-state index in [1.165, 1.54) is 12.1 Å². The average Bonchev–Trinajstić information content (AvgIpc) is 2.39. The lowest BCUT2D eigenvalue weighted by molar-refractivity contribution is -0.142. The van der Waals surface area contributed by atoms with Crippen LogP contribution in [0.5, 0.6) is 5.75 Å². The van der Waals surface area contributed by atoms with Gasteiger partial charge in [-0.25, -0.2) is 0 Å². The second-order valence-electron chi connectivity index (χ2n) is 3.74. The molecule has 1 aromatic carbocycles. The summed E-state index contributed by atoms with van der Waals surface area (Å²) in [6.07, 6.45) is -0.0303. The highest BCUT2D eigenvalue weighted by molar-refractivity contribution is 9.08. The Labute approximate surface area is 123 Å². The molecule has 0 heterocycles. The van der Waals surface area contributed by atoms with E-state index in [1.54, 1.807) is 13.0 Å². The van der Waals surface area contributed by atoms with Gasteiger partial charge in [0.05, 0.1) is 18.6 Å². The van der Waals surface area contributed by atoms with E-state index >= 15 is 0 Å². The number of hydrogen-bond donors (Lipinski definition) is 0. The van der Waals surface area contributed by atoms with Crippen LogP contribution in [0.2, 0.25) is 0 Å². The number of nitriles is 1. The molecule has 0 aliphatic rings. The number of benzene rings is 1. The molecular weight excluding hydrogens is 336 g/mol. The van der Waals surface area contributed by atoms with Gasteiger partial charge in [0.15, 0.2) is 0 Å². The molecule has 0 aliphatic carbocycles. The van der Waals surface area contributed by atoms with E-state index in [0.717, 1.165) is 0 Å². The number of halogens is 3. The van der Waals surface area contributed by atoms with Crippen molar-refractivity contribution in [2.75, 3.05) is 6.61 Å². The Morgan fingerprint density at radius 3 is 2.70 bits per heavy atom. The Morgan fingerprint density at radius 1 is 1.50 bits per heavy atom. The molecule has 0 spiro atoms. The van der Waals surface area contributed by atoms with Crippen molar-refractivity contribution in [3.05, 3.63) is 28.8 Å². The summed E-state index contributed by atoms with van der Waals surface area (Å²) in [6, 6.07) is 4.67. The van der Waals surface area contributed by atoms with Gasteiger partial charge < -0.3 is 9.47 Å². The van der Waals surface area contributed by atoms with Crippen LogP contribution in [0.3, 0.4) is 0 Å². The molecule has 0 saturated carbocycles. The largest absolute Gasteiger partial charge is 0.466 e. The summed E-state index contributed by atoms with van der Waals surface area (Å²) in [4.78, 5) is 11.4. The maximum absolute atomic E-state index is 12.3. The number of nitrogens with zero attached hydrogens (tertiary/aromatic N) is 1. The van der Waals surface area contributed by atoms with Gasteiger partial charge in [0.25, 0.3) is 0 Å². The zero-order chi connectivity index (χ0) is 15.1. The van der Waals surface area contributed by atoms with E-state index in [-0.39, 0.29) is 29.7 Å². The average molecular weight is 348 g/mol. The van der Waals surface area contributed by atoms with Crippen LogP contribution in [-0.2, 0) is 21.3 Å². The van der Waals surface area contributed by atoms with Gasteiger partial charge in [-0.2, -0.15) is 14.0 Å². The molecule has 0 fully saturated rings. The minimum absolute atomic E-state index is 0.0303. The van der Waals surface area contributed by atoms with Gasteiger partial charge in [-0.3, -0.25) is 4.79 Å². The third-order valence-electron chi connectivity index (χ3n) is 2.35. The van der Waals surface area contributed by atoms with Crippen LogP contribution in [0, 0.1) is 11.3 Å². The van der Waals surface area contributed by atoms with E-state index in [9.17, 15) is 13.6 Å². The Bertz CT molecular complexity index is 529. The van der Waals surface area contributed by atoms with Crippen molar-refractivity contribution in [1.29, 1.82) is 5.26 Å². The molecule has 0 bridgehead atoms. The molecule has 0 saturated heterocycles. The fourth-order valence-electron chi connectivity index (χ4n) is 1.65. The van der Waals surface area contributed by atoms with Gasteiger partial charge >= 0.3 is 12.6 Å². The molecule has 4 nitrogen and oxygen atoms in total. The van der Waals surface area contributed by atoms with Crippen molar-refractivity contribution in [2.45, 2.75) is 25.3 Å². The normalized spacial score (nSPS) is 10.2. The monoisotopic (exact) mass is 347 g/mol. The van der Waals surface area contributed by atoms with Crippen molar-refractivity contribution in [1.82, 2.24) is 0 Å². The second kappa shape index (κ2) is 7.80. The minimum atomic E-state index is -3.02. The van der Waals surface area contributed by atoms with Gasteiger partial charge in [-0.05, 0) is 18.6 Å². The van der Waals surface area contributed by atoms with Crippen molar-refractivity contribution in [3.8, 4) is 11.8 Å². The Kier molecular flexibility index (Phi) is 6.39. The third-order valence-corrected chi connectivity index (χ3v) is 2.95. The summed E-state index contributed by atoms with van der Waals surface area (Å²) in [5.74, 6) is -0.619. The van der Waals surface area contributed by atoms with E-state index in [4.69, 9.17) is 10.00 Å². The molecule has 0 radical (unpaired) electrons. The molecule has 20 heavy (non-hydrogen) atoms. The summed E-state index contributed by atoms with van der Waals surface area (Å²) >= 11 is 3.14. The number of carbonyl (C=O) groups excluding carboxylic acids is 1. The first-order valence-corrected chi connectivity index (χ1v) is 6.86. The van der Waals surface area contributed by atoms with E-state index < -0.39 is 12.6 Å². The predicted molar refractivity (Wildman–Crippen MR) is 70.8 cm³/mol. The number of esters is 1. The smallest absolute Gasteiger partial charge is 0.387 e. The molecule has 0 atom stereocenters. The summed E-state index contributed by atoms with van der Waals surface area (Å²) in [5, 5.41) is 9.23. The van der Waals surface area contributed by atoms with Crippen molar-refractivity contribution >= 4 is 21.9 Å². The first-order chi connectivity index (χ1) is 9.51. The highest BCUT2D eigenvalue weighted by Gasteiger charge is 2.17. The molecule has 0 aromatic heterocycles. The summed E-state index contributed by atoms with van der Waals surface area (Å²) < 4.78 is 33.9. The molecule has 0 amide bonds. The van der Waals surface area contributed by atoms with Crippen molar-refractivity contribution in [2.24, 2.45) is 0 Å². The van der Waals surface area contributed by atoms with Crippen LogP contribution in [0.4, 0.5) is 8.78 Å². The standard InChI is InChI=1S/C13H12BrF2NO3/c1-2-19-11(18)5-8-3-9(6-14)12(20-13(15)16)10(4-8)7-17/h3-4,13H,2,5-6H2,1H3. The molecule has 0 aliphatic heterocycles. The number of hydrogen-bond acceptors (Lipinski definition) is 4. The second-order valence-corrected chi connectivity index (χ2v) is 4.30. The van der Waals surface area contributed by atoms with E-state index in [2.05, 4.69) is 20.7 Å². The molecule has 108 valence electrons. The third kappa shape index (κ3) is 4.46. The predicted octanol–water partition coefficient (Wildman–Crippen LogP) is 3.16. The number of alkyl halides is 3. The van der Waals surface area contributed by atoms with Gasteiger partial charge in [-0.15, -0.1) is 0 Å². The van der Waals surface area contributed by atoms with Crippen LogP contribution in [0.1, 0.15) is 23.6 Å². The van der Waals surface area contributed by atoms with Crippen LogP contribution in [0.25, 0.3) is 0 Å². The van der Waals surface area contributed by atoms with Crippen LogP contribution in [-0.4, -0.2) is 19.2 Å². The first kappa shape index (κ1) is 16.4. The minimum Gasteiger partial charge on any atom is -0.466 e.